The molecule has 0 bridgehead atoms. The van der Waals surface area contributed by atoms with Crippen molar-refractivity contribution in [1.29, 1.82) is 0 Å². The standard InChI is InChI=1S/C24H20N2O2/c1-3-13-23(27-17-19-9-5-7-15-25-19)21(11-1)22-12-2-4-14-24(22)28-18-20-10-6-8-16-26-20/h1-16H,17-18H2. The van der Waals surface area contributed by atoms with Crippen LogP contribution in [0.1, 0.15) is 11.4 Å². The van der Waals surface area contributed by atoms with E-state index in [1.165, 1.54) is 0 Å². The zero-order chi connectivity index (χ0) is 19.0. The van der Waals surface area contributed by atoms with Crippen molar-refractivity contribution in [1.82, 2.24) is 9.97 Å². The van der Waals surface area contributed by atoms with E-state index in [2.05, 4.69) is 9.97 Å². The average Bonchev–Trinajstić information content (AvgIpc) is 2.78. The Labute approximate surface area is 164 Å². The number of pyridine rings is 2. The van der Waals surface area contributed by atoms with E-state index in [9.17, 15) is 0 Å². The van der Waals surface area contributed by atoms with Gasteiger partial charge in [-0.25, -0.2) is 0 Å². The summed E-state index contributed by atoms with van der Waals surface area (Å²) < 4.78 is 12.1. The lowest BCUT2D eigenvalue weighted by Gasteiger charge is -2.15. The topological polar surface area (TPSA) is 44.2 Å². The summed E-state index contributed by atoms with van der Waals surface area (Å²) in [5, 5.41) is 0. The maximum atomic E-state index is 6.06. The van der Waals surface area contributed by atoms with Crippen molar-refractivity contribution in [3.63, 3.8) is 0 Å². The Morgan fingerprint density at radius 2 is 0.929 bits per heavy atom. The third-order valence-corrected chi connectivity index (χ3v) is 4.27. The highest BCUT2D eigenvalue weighted by atomic mass is 16.5. The molecule has 0 aliphatic rings. The molecule has 4 nitrogen and oxygen atoms in total. The third-order valence-electron chi connectivity index (χ3n) is 4.27. The summed E-state index contributed by atoms with van der Waals surface area (Å²) in [6.45, 7) is 0.823. The second kappa shape index (κ2) is 8.82. The van der Waals surface area contributed by atoms with Crippen LogP contribution >= 0.6 is 0 Å². The van der Waals surface area contributed by atoms with Gasteiger partial charge in [-0.15, -0.1) is 0 Å². The van der Waals surface area contributed by atoms with Gasteiger partial charge in [0, 0.05) is 23.5 Å². The van der Waals surface area contributed by atoms with Crippen LogP contribution in [-0.4, -0.2) is 9.97 Å². The predicted molar refractivity (Wildman–Crippen MR) is 109 cm³/mol. The van der Waals surface area contributed by atoms with Crippen molar-refractivity contribution in [2.45, 2.75) is 13.2 Å². The van der Waals surface area contributed by atoms with Crippen molar-refractivity contribution in [2.75, 3.05) is 0 Å². The Morgan fingerprint density at radius 1 is 0.500 bits per heavy atom. The second-order valence-corrected chi connectivity index (χ2v) is 6.21. The van der Waals surface area contributed by atoms with Gasteiger partial charge in [-0.2, -0.15) is 0 Å². The Morgan fingerprint density at radius 3 is 1.36 bits per heavy atom. The average molecular weight is 368 g/mol. The molecule has 0 unspecified atom stereocenters. The van der Waals surface area contributed by atoms with Gasteiger partial charge in [-0.3, -0.25) is 9.97 Å². The summed E-state index contributed by atoms with van der Waals surface area (Å²) in [6.07, 6.45) is 3.54. The second-order valence-electron chi connectivity index (χ2n) is 6.21. The summed E-state index contributed by atoms with van der Waals surface area (Å²) in [7, 11) is 0. The zero-order valence-electron chi connectivity index (χ0n) is 15.4. The molecule has 2 aromatic carbocycles. The molecule has 0 radical (unpaired) electrons. The molecule has 0 N–H and O–H groups in total. The zero-order valence-corrected chi connectivity index (χ0v) is 15.4. The first-order chi connectivity index (χ1) is 13.9. The molecule has 0 spiro atoms. The van der Waals surface area contributed by atoms with E-state index >= 15 is 0 Å². The molecule has 0 saturated carbocycles. The summed E-state index contributed by atoms with van der Waals surface area (Å²) in [5.41, 5.74) is 3.74. The highest BCUT2D eigenvalue weighted by Crippen LogP contribution is 2.36. The van der Waals surface area contributed by atoms with Crippen LogP contribution in [0.25, 0.3) is 11.1 Å². The van der Waals surface area contributed by atoms with Gasteiger partial charge in [0.25, 0.3) is 0 Å². The summed E-state index contributed by atoms with van der Waals surface area (Å²) in [5.74, 6) is 1.59. The molecule has 0 fully saturated rings. The van der Waals surface area contributed by atoms with E-state index < -0.39 is 0 Å². The number of aromatic nitrogens is 2. The molecule has 0 amide bonds. The van der Waals surface area contributed by atoms with E-state index in [1.54, 1.807) is 12.4 Å². The quantitative estimate of drug-likeness (QED) is 0.444. The number of hydrogen-bond donors (Lipinski definition) is 0. The number of nitrogens with zero attached hydrogens (tertiary/aromatic N) is 2. The highest BCUT2D eigenvalue weighted by molar-refractivity contribution is 5.75. The van der Waals surface area contributed by atoms with Crippen LogP contribution in [-0.2, 0) is 13.2 Å². The van der Waals surface area contributed by atoms with Crippen molar-refractivity contribution in [2.24, 2.45) is 0 Å². The van der Waals surface area contributed by atoms with Gasteiger partial charge in [0.1, 0.15) is 24.7 Å². The van der Waals surface area contributed by atoms with Gasteiger partial charge in [0.2, 0.25) is 0 Å². The summed E-state index contributed by atoms with van der Waals surface area (Å²) in [4.78, 5) is 8.64. The molecular weight excluding hydrogens is 348 g/mol. The number of para-hydroxylation sites is 2. The highest BCUT2D eigenvalue weighted by Gasteiger charge is 2.12. The number of ether oxygens (including phenoxy) is 2. The van der Waals surface area contributed by atoms with Gasteiger partial charge in [-0.1, -0.05) is 48.5 Å². The minimum atomic E-state index is 0.412. The molecular formula is C24H20N2O2. The molecule has 138 valence electrons. The molecule has 4 heteroatoms. The molecule has 0 saturated heterocycles. The van der Waals surface area contributed by atoms with E-state index in [0.29, 0.717) is 13.2 Å². The van der Waals surface area contributed by atoms with Crippen molar-refractivity contribution < 1.29 is 9.47 Å². The van der Waals surface area contributed by atoms with E-state index in [4.69, 9.17) is 9.47 Å². The fraction of sp³-hybridized carbons (Fsp3) is 0.0833. The largest absolute Gasteiger partial charge is 0.487 e. The predicted octanol–water partition coefficient (Wildman–Crippen LogP) is 5.30. The Bertz CT molecular complexity index is 936. The minimum absolute atomic E-state index is 0.412. The fourth-order valence-electron chi connectivity index (χ4n) is 2.90. The number of benzene rings is 2. The lowest BCUT2D eigenvalue weighted by Crippen LogP contribution is -2.01. The van der Waals surface area contributed by atoms with Crippen molar-refractivity contribution >= 4 is 0 Å². The maximum Gasteiger partial charge on any atom is 0.130 e. The van der Waals surface area contributed by atoms with Crippen LogP contribution in [0.5, 0.6) is 11.5 Å². The van der Waals surface area contributed by atoms with Gasteiger partial charge >= 0.3 is 0 Å². The van der Waals surface area contributed by atoms with Crippen LogP contribution in [0.4, 0.5) is 0 Å². The normalized spacial score (nSPS) is 10.4. The summed E-state index contributed by atoms with van der Waals surface area (Å²) in [6, 6.07) is 27.5. The lowest BCUT2D eigenvalue weighted by molar-refractivity contribution is 0.298. The van der Waals surface area contributed by atoms with Crippen LogP contribution in [0.2, 0.25) is 0 Å². The SMILES string of the molecule is c1ccc(COc2ccccc2-c2ccccc2OCc2ccccn2)nc1. The number of hydrogen-bond acceptors (Lipinski definition) is 4. The first-order valence-corrected chi connectivity index (χ1v) is 9.14. The first kappa shape index (κ1) is 17.7. The molecule has 0 atom stereocenters. The van der Waals surface area contributed by atoms with Gasteiger partial charge in [0.05, 0.1) is 11.4 Å². The molecule has 0 aliphatic carbocycles. The minimum Gasteiger partial charge on any atom is -0.487 e. The van der Waals surface area contributed by atoms with E-state index in [1.807, 2.05) is 84.9 Å². The molecule has 2 heterocycles. The Hall–Kier alpha value is -3.66. The molecule has 4 rings (SSSR count). The maximum absolute atomic E-state index is 6.06. The Balaban J connectivity index is 1.57. The molecule has 2 aromatic heterocycles. The van der Waals surface area contributed by atoms with Crippen LogP contribution in [0, 0.1) is 0 Å². The van der Waals surface area contributed by atoms with Gasteiger partial charge in [0.15, 0.2) is 0 Å². The number of rotatable bonds is 7. The molecule has 4 aromatic rings. The van der Waals surface area contributed by atoms with Crippen molar-refractivity contribution in [3.8, 4) is 22.6 Å². The first-order valence-electron chi connectivity index (χ1n) is 9.14. The van der Waals surface area contributed by atoms with Crippen LogP contribution in [0.3, 0.4) is 0 Å². The van der Waals surface area contributed by atoms with Crippen molar-refractivity contribution in [3.05, 3.63) is 109 Å². The van der Waals surface area contributed by atoms with Crippen LogP contribution in [0.15, 0.2) is 97.3 Å². The third kappa shape index (κ3) is 4.35. The van der Waals surface area contributed by atoms with Crippen LogP contribution < -0.4 is 9.47 Å². The smallest absolute Gasteiger partial charge is 0.130 e. The fourth-order valence-corrected chi connectivity index (χ4v) is 2.90. The monoisotopic (exact) mass is 368 g/mol. The molecule has 0 aliphatic heterocycles. The lowest BCUT2D eigenvalue weighted by atomic mass is 10.0. The van der Waals surface area contributed by atoms with E-state index in [-0.39, 0.29) is 0 Å². The van der Waals surface area contributed by atoms with E-state index in [0.717, 1.165) is 34.0 Å². The summed E-state index contributed by atoms with van der Waals surface area (Å²) >= 11 is 0. The van der Waals surface area contributed by atoms with Gasteiger partial charge < -0.3 is 9.47 Å². The Kier molecular flexibility index (Phi) is 5.59. The molecule has 28 heavy (non-hydrogen) atoms. The van der Waals surface area contributed by atoms with Gasteiger partial charge in [-0.05, 0) is 36.4 Å².